The second-order valence-electron chi connectivity index (χ2n) is 4.73. The van der Waals surface area contributed by atoms with Gasteiger partial charge < -0.3 is 5.32 Å². The lowest BCUT2D eigenvalue weighted by molar-refractivity contribution is -0.385. The number of carbonyl (C=O) groups excluding carboxylic acids is 1. The van der Waals surface area contributed by atoms with Crippen LogP contribution in [0.5, 0.6) is 0 Å². The van der Waals surface area contributed by atoms with Crippen molar-refractivity contribution in [1.29, 1.82) is 0 Å². The van der Waals surface area contributed by atoms with Crippen LogP contribution < -0.4 is 5.32 Å². The third-order valence-corrected chi connectivity index (χ3v) is 3.30. The van der Waals surface area contributed by atoms with Gasteiger partial charge in [0.05, 0.1) is 16.1 Å². The van der Waals surface area contributed by atoms with Gasteiger partial charge in [0.1, 0.15) is 5.82 Å². The molecule has 2 aromatic carbocycles. The van der Waals surface area contributed by atoms with Gasteiger partial charge >= 0.3 is 0 Å². The molecule has 23 heavy (non-hydrogen) atoms. The zero-order chi connectivity index (χ0) is 16.4. The lowest BCUT2D eigenvalue weighted by Crippen LogP contribution is -2.16. The van der Waals surface area contributed by atoms with Crippen molar-refractivity contribution in [3.8, 4) is 0 Å². The molecule has 3 aromatic rings. The van der Waals surface area contributed by atoms with Crippen LogP contribution in [0.1, 0.15) is 10.4 Å². The second-order valence-corrected chi connectivity index (χ2v) is 4.73. The number of benzene rings is 2. The van der Waals surface area contributed by atoms with E-state index >= 15 is 0 Å². The summed E-state index contributed by atoms with van der Waals surface area (Å²) in [6.45, 7) is 0. The molecule has 0 saturated carbocycles. The molecule has 114 valence electrons. The molecule has 0 saturated heterocycles. The Morgan fingerprint density at radius 3 is 2.65 bits per heavy atom. The van der Waals surface area contributed by atoms with E-state index in [9.17, 15) is 19.3 Å². The Morgan fingerprint density at radius 1 is 1.13 bits per heavy atom. The van der Waals surface area contributed by atoms with Gasteiger partial charge in [-0.3, -0.25) is 19.9 Å². The number of aromatic nitrogens is 1. The minimum atomic E-state index is -0.954. The van der Waals surface area contributed by atoms with Crippen LogP contribution in [0.2, 0.25) is 0 Å². The first-order valence-corrected chi connectivity index (χ1v) is 6.66. The van der Waals surface area contributed by atoms with Crippen LogP contribution in [-0.4, -0.2) is 15.8 Å². The Balaban J connectivity index is 2.04. The molecule has 0 aliphatic carbocycles. The van der Waals surface area contributed by atoms with E-state index in [4.69, 9.17) is 0 Å². The largest absolute Gasteiger partial charge is 0.320 e. The SMILES string of the molecule is O=C(Nc1cccc2cccnc12)c1c(F)cccc1[N+](=O)[O-]. The number of nitrogens with zero attached hydrogens (tertiary/aromatic N) is 2. The summed E-state index contributed by atoms with van der Waals surface area (Å²) in [5.41, 5.74) is -0.325. The molecule has 0 radical (unpaired) electrons. The number of carbonyl (C=O) groups is 1. The van der Waals surface area contributed by atoms with Gasteiger partial charge in [-0.25, -0.2) is 4.39 Å². The fraction of sp³-hybridized carbons (Fsp3) is 0. The fourth-order valence-electron chi connectivity index (χ4n) is 2.28. The summed E-state index contributed by atoms with van der Waals surface area (Å²) in [6, 6.07) is 11.9. The van der Waals surface area contributed by atoms with Crippen molar-refractivity contribution in [3.63, 3.8) is 0 Å². The quantitative estimate of drug-likeness (QED) is 0.592. The highest BCUT2D eigenvalue weighted by atomic mass is 19.1. The van der Waals surface area contributed by atoms with E-state index in [1.165, 1.54) is 6.07 Å². The molecule has 0 spiro atoms. The number of pyridine rings is 1. The standard InChI is InChI=1S/C16H10FN3O3/c17-11-6-2-8-13(20(22)23)14(11)16(21)19-12-7-1-4-10-5-3-9-18-15(10)12/h1-9H,(H,19,21). The number of nitrogens with one attached hydrogen (secondary N) is 1. The summed E-state index contributed by atoms with van der Waals surface area (Å²) in [6.07, 6.45) is 1.56. The Bertz CT molecular complexity index is 922. The molecule has 0 aliphatic heterocycles. The maximum Gasteiger partial charge on any atom is 0.285 e. The summed E-state index contributed by atoms with van der Waals surface area (Å²) in [5, 5.41) is 14.3. The Kier molecular flexibility index (Phi) is 3.68. The highest BCUT2D eigenvalue weighted by molar-refractivity contribution is 6.10. The Morgan fingerprint density at radius 2 is 1.87 bits per heavy atom. The van der Waals surface area contributed by atoms with Crippen LogP contribution in [0, 0.1) is 15.9 Å². The average Bonchev–Trinajstić information content (AvgIpc) is 2.54. The number of hydrogen-bond acceptors (Lipinski definition) is 4. The Labute approximate surface area is 129 Å². The lowest BCUT2D eigenvalue weighted by atomic mass is 10.1. The first-order chi connectivity index (χ1) is 11.1. The minimum absolute atomic E-state index is 0.352. The average molecular weight is 311 g/mol. The molecule has 6 nitrogen and oxygen atoms in total. The number of amides is 1. The van der Waals surface area contributed by atoms with Gasteiger partial charge in [-0.05, 0) is 18.2 Å². The van der Waals surface area contributed by atoms with Crippen LogP contribution in [0.25, 0.3) is 10.9 Å². The molecule has 0 aliphatic rings. The molecular weight excluding hydrogens is 301 g/mol. The fourth-order valence-corrected chi connectivity index (χ4v) is 2.28. The number of nitro groups is 1. The number of nitro benzene ring substituents is 1. The van der Waals surface area contributed by atoms with Crippen molar-refractivity contribution in [2.75, 3.05) is 5.32 Å². The Hall–Kier alpha value is -3.35. The van der Waals surface area contributed by atoms with Crippen molar-refractivity contribution in [2.24, 2.45) is 0 Å². The number of rotatable bonds is 3. The van der Waals surface area contributed by atoms with Crippen molar-refractivity contribution in [2.45, 2.75) is 0 Å². The van der Waals surface area contributed by atoms with Gasteiger partial charge in [0.15, 0.2) is 5.56 Å². The van der Waals surface area contributed by atoms with E-state index in [1.54, 1.807) is 24.4 Å². The second kappa shape index (κ2) is 5.80. The number of anilines is 1. The summed E-state index contributed by atoms with van der Waals surface area (Å²) in [7, 11) is 0. The maximum absolute atomic E-state index is 13.9. The minimum Gasteiger partial charge on any atom is -0.320 e. The highest BCUT2D eigenvalue weighted by Gasteiger charge is 2.24. The molecule has 0 atom stereocenters. The van der Waals surface area contributed by atoms with Crippen LogP contribution in [0.15, 0.2) is 54.7 Å². The third kappa shape index (κ3) is 2.71. The molecule has 0 fully saturated rings. The maximum atomic E-state index is 13.9. The van der Waals surface area contributed by atoms with Crippen molar-refractivity contribution >= 4 is 28.2 Å². The summed E-state index contributed by atoms with van der Waals surface area (Å²) < 4.78 is 13.9. The first-order valence-electron chi connectivity index (χ1n) is 6.66. The van der Waals surface area contributed by atoms with E-state index in [1.807, 2.05) is 12.1 Å². The lowest BCUT2D eigenvalue weighted by Gasteiger charge is -2.08. The van der Waals surface area contributed by atoms with E-state index in [0.717, 1.165) is 17.5 Å². The van der Waals surface area contributed by atoms with E-state index in [2.05, 4.69) is 10.3 Å². The zero-order valence-corrected chi connectivity index (χ0v) is 11.7. The van der Waals surface area contributed by atoms with Gasteiger partial charge in [-0.1, -0.05) is 24.3 Å². The summed E-state index contributed by atoms with van der Waals surface area (Å²) >= 11 is 0. The van der Waals surface area contributed by atoms with E-state index in [-0.39, 0.29) is 0 Å². The predicted octanol–water partition coefficient (Wildman–Crippen LogP) is 3.53. The molecule has 3 rings (SSSR count). The molecule has 1 N–H and O–H groups in total. The van der Waals surface area contributed by atoms with Gasteiger partial charge in [-0.2, -0.15) is 0 Å². The summed E-state index contributed by atoms with van der Waals surface area (Å²) in [5.74, 6) is -1.85. The highest BCUT2D eigenvalue weighted by Crippen LogP contribution is 2.25. The molecule has 1 amide bonds. The van der Waals surface area contributed by atoms with E-state index < -0.39 is 27.9 Å². The van der Waals surface area contributed by atoms with Crippen LogP contribution in [0.3, 0.4) is 0 Å². The van der Waals surface area contributed by atoms with Crippen molar-refractivity contribution < 1.29 is 14.1 Å². The van der Waals surface area contributed by atoms with Crippen molar-refractivity contribution in [1.82, 2.24) is 4.98 Å². The van der Waals surface area contributed by atoms with Crippen LogP contribution in [0.4, 0.5) is 15.8 Å². The molecule has 0 bridgehead atoms. The number of para-hydroxylation sites is 1. The van der Waals surface area contributed by atoms with Gasteiger partial charge in [0, 0.05) is 17.6 Å². The first kappa shape index (κ1) is 14.6. The summed E-state index contributed by atoms with van der Waals surface area (Å²) in [4.78, 5) is 26.7. The molecule has 1 heterocycles. The van der Waals surface area contributed by atoms with Gasteiger partial charge in [0.25, 0.3) is 11.6 Å². The third-order valence-electron chi connectivity index (χ3n) is 3.30. The van der Waals surface area contributed by atoms with Gasteiger partial charge in [0.2, 0.25) is 0 Å². The molecule has 0 unspecified atom stereocenters. The molecular formula is C16H10FN3O3. The van der Waals surface area contributed by atoms with Crippen LogP contribution >= 0.6 is 0 Å². The van der Waals surface area contributed by atoms with E-state index in [0.29, 0.717) is 11.2 Å². The monoisotopic (exact) mass is 311 g/mol. The van der Waals surface area contributed by atoms with Crippen LogP contribution in [-0.2, 0) is 0 Å². The zero-order valence-electron chi connectivity index (χ0n) is 11.7. The number of fused-ring (bicyclic) bond motifs is 1. The normalized spacial score (nSPS) is 10.5. The number of halogens is 1. The molecule has 7 heteroatoms. The predicted molar refractivity (Wildman–Crippen MR) is 82.8 cm³/mol. The topological polar surface area (TPSA) is 85.1 Å². The van der Waals surface area contributed by atoms with Crippen molar-refractivity contribution in [3.05, 3.63) is 76.2 Å². The smallest absolute Gasteiger partial charge is 0.285 e. The molecule has 1 aromatic heterocycles. The van der Waals surface area contributed by atoms with Gasteiger partial charge in [-0.15, -0.1) is 0 Å². The number of hydrogen-bond donors (Lipinski definition) is 1.